The first-order chi connectivity index (χ1) is 13.7. The van der Waals surface area contributed by atoms with Crippen molar-refractivity contribution in [3.63, 3.8) is 0 Å². The van der Waals surface area contributed by atoms with Crippen LogP contribution < -0.4 is 9.62 Å². The second kappa shape index (κ2) is 10.0. The lowest BCUT2D eigenvalue weighted by Gasteiger charge is -2.22. The largest absolute Gasteiger partial charge is 0.315 e. The molecule has 1 N–H and O–H groups in total. The molecule has 2 aromatic rings. The van der Waals surface area contributed by atoms with Crippen LogP contribution in [-0.4, -0.2) is 27.3 Å². The molecule has 0 saturated heterocycles. The van der Waals surface area contributed by atoms with Crippen molar-refractivity contribution in [2.24, 2.45) is 5.92 Å². The minimum absolute atomic E-state index is 0.0134. The van der Waals surface area contributed by atoms with Gasteiger partial charge in [-0.3, -0.25) is 9.59 Å². The number of sulfonamides is 1. The number of nitrogens with zero attached hydrogens (tertiary/aromatic N) is 1. The third-order valence-electron chi connectivity index (χ3n) is 4.04. The van der Waals surface area contributed by atoms with E-state index in [2.05, 4.69) is 6.58 Å². The van der Waals surface area contributed by atoms with E-state index in [4.69, 9.17) is 11.6 Å². The van der Waals surface area contributed by atoms with E-state index in [1.165, 1.54) is 24.1 Å². The number of halogens is 1. The van der Waals surface area contributed by atoms with E-state index in [-0.39, 0.29) is 6.42 Å². The Balaban J connectivity index is 2.15. The van der Waals surface area contributed by atoms with Gasteiger partial charge < -0.3 is 4.90 Å². The van der Waals surface area contributed by atoms with Crippen molar-refractivity contribution in [2.45, 2.75) is 6.42 Å². The van der Waals surface area contributed by atoms with Crippen LogP contribution >= 0.6 is 11.6 Å². The lowest BCUT2D eigenvalue weighted by molar-refractivity contribution is -0.132. The van der Waals surface area contributed by atoms with Crippen molar-refractivity contribution in [2.75, 3.05) is 11.9 Å². The smallest absolute Gasteiger partial charge is 0.257 e. The van der Waals surface area contributed by atoms with Crippen molar-refractivity contribution in [3.8, 4) is 0 Å². The summed E-state index contributed by atoms with van der Waals surface area (Å²) < 4.78 is 26.4. The summed E-state index contributed by atoms with van der Waals surface area (Å²) in [6.07, 6.45) is 2.74. The SMILES string of the molecule is C=CCC(C(=O)NS(=O)(=O)C=Cc1ccccc1)C(=O)N(C)c1ccc(Cl)cc1. The van der Waals surface area contributed by atoms with Crippen molar-refractivity contribution < 1.29 is 18.0 Å². The van der Waals surface area contributed by atoms with Gasteiger partial charge in [0, 0.05) is 17.8 Å². The molecule has 0 fully saturated rings. The second-order valence-electron chi connectivity index (χ2n) is 6.18. The Kier molecular flexibility index (Phi) is 7.75. The summed E-state index contributed by atoms with van der Waals surface area (Å²) in [5.74, 6) is -2.73. The summed E-state index contributed by atoms with van der Waals surface area (Å²) in [6, 6.07) is 15.2. The first kappa shape index (κ1) is 22.4. The van der Waals surface area contributed by atoms with Gasteiger partial charge in [0.2, 0.25) is 11.8 Å². The molecule has 1 unspecified atom stereocenters. The van der Waals surface area contributed by atoms with E-state index >= 15 is 0 Å². The molecule has 2 aromatic carbocycles. The molecular weight excluding hydrogens is 412 g/mol. The van der Waals surface area contributed by atoms with Crippen LogP contribution in [0.25, 0.3) is 6.08 Å². The van der Waals surface area contributed by atoms with Gasteiger partial charge in [0.15, 0.2) is 0 Å². The number of hydrogen-bond donors (Lipinski definition) is 1. The molecular formula is C21H21ClN2O4S. The van der Waals surface area contributed by atoms with Gasteiger partial charge in [0.1, 0.15) is 5.92 Å². The Morgan fingerprint density at radius 1 is 1.14 bits per heavy atom. The molecule has 0 heterocycles. The molecule has 0 aliphatic carbocycles. The van der Waals surface area contributed by atoms with Crippen LogP contribution in [-0.2, 0) is 19.6 Å². The number of benzene rings is 2. The maximum Gasteiger partial charge on any atom is 0.257 e. The zero-order valence-corrected chi connectivity index (χ0v) is 17.4. The number of nitrogens with one attached hydrogen (secondary N) is 1. The molecule has 6 nitrogen and oxygen atoms in total. The standard InChI is InChI=1S/C21H21ClN2O4S/c1-3-7-19(21(26)24(2)18-12-10-17(22)11-13-18)20(25)23-29(27,28)15-14-16-8-5-4-6-9-16/h3-6,8-15,19H,1,7H2,2H3,(H,23,25). The molecule has 0 aromatic heterocycles. The third kappa shape index (κ3) is 6.58. The lowest BCUT2D eigenvalue weighted by Crippen LogP contribution is -2.43. The number of rotatable bonds is 8. The summed E-state index contributed by atoms with van der Waals surface area (Å²) in [5, 5.41) is 1.39. The van der Waals surface area contributed by atoms with Crippen molar-refractivity contribution >= 4 is 45.2 Å². The Morgan fingerprint density at radius 2 is 1.76 bits per heavy atom. The lowest BCUT2D eigenvalue weighted by atomic mass is 10.0. The fourth-order valence-electron chi connectivity index (χ4n) is 2.49. The number of carbonyl (C=O) groups excluding carboxylic acids is 2. The van der Waals surface area contributed by atoms with Crippen LogP contribution in [0.5, 0.6) is 0 Å². The molecule has 2 rings (SSSR count). The minimum atomic E-state index is -4.07. The van der Waals surface area contributed by atoms with Crippen LogP contribution in [0.1, 0.15) is 12.0 Å². The van der Waals surface area contributed by atoms with Gasteiger partial charge in [-0.05, 0) is 42.3 Å². The quantitative estimate of drug-likeness (QED) is 0.510. The molecule has 0 aliphatic rings. The van der Waals surface area contributed by atoms with Crippen LogP contribution in [0.2, 0.25) is 5.02 Å². The zero-order chi connectivity index (χ0) is 21.4. The van der Waals surface area contributed by atoms with E-state index < -0.39 is 27.8 Å². The highest BCUT2D eigenvalue weighted by molar-refractivity contribution is 7.93. The highest BCUT2D eigenvalue weighted by atomic mass is 35.5. The highest BCUT2D eigenvalue weighted by Gasteiger charge is 2.30. The predicted octanol–water partition coefficient (Wildman–Crippen LogP) is 3.61. The monoisotopic (exact) mass is 432 g/mol. The zero-order valence-electron chi connectivity index (χ0n) is 15.8. The van der Waals surface area contributed by atoms with Crippen LogP contribution in [0, 0.1) is 5.92 Å². The summed E-state index contributed by atoms with van der Waals surface area (Å²) in [7, 11) is -2.58. The first-order valence-corrected chi connectivity index (χ1v) is 10.6. The number of amides is 2. The second-order valence-corrected chi connectivity index (χ2v) is 8.18. The van der Waals surface area contributed by atoms with E-state index in [0.29, 0.717) is 16.3 Å². The molecule has 2 amide bonds. The van der Waals surface area contributed by atoms with Crippen LogP contribution in [0.3, 0.4) is 0 Å². The fraction of sp³-hybridized carbons (Fsp3) is 0.143. The van der Waals surface area contributed by atoms with Gasteiger partial charge in [0.25, 0.3) is 10.0 Å². The number of allylic oxidation sites excluding steroid dienone is 1. The number of hydrogen-bond acceptors (Lipinski definition) is 4. The molecule has 0 bridgehead atoms. The van der Waals surface area contributed by atoms with E-state index in [1.807, 2.05) is 4.72 Å². The molecule has 0 aliphatic heterocycles. The molecule has 0 spiro atoms. The Labute approximate surface area is 175 Å². The normalized spacial score (nSPS) is 12.3. The van der Waals surface area contributed by atoms with Gasteiger partial charge >= 0.3 is 0 Å². The maximum atomic E-state index is 12.8. The third-order valence-corrected chi connectivity index (χ3v) is 5.28. The van der Waals surface area contributed by atoms with Crippen LogP contribution in [0.4, 0.5) is 5.69 Å². The van der Waals surface area contributed by atoms with Crippen LogP contribution in [0.15, 0.2) is 72.7 Å². The minimum Gasteiger partial charge on any atom is -0.315 e. The Bertz CT molecular complexity index is 1000. The summed E-state index contributed by atoms with van der Waals surface area (Å²) in [6.45, 7) is 3.55. The number of carbonyl (C=O) groups is 2. The molecule has 0 radical (unpaired) electrons. The summed E-state index contributed by atoms with van der Waals surface area (Å²) in [4.78, 5) is 26.6. The van der Waals surface area contributed by atoms with Gasteiger partial charge in [-0.15, -0.1) is 6.58 Å². The van der Waals surface area contributed by atoms with Crippen molar-refractivity contribution in [1.29, 1.82) is 0 Å². The molecule has 1 atom stereocenters. The van der Waals surface area contributed by atoms with Gasteiger partial charge in [0.05, 0.1) is 5.41 Å². The van der Waals surface area contributed by atoms with Crippen molar-refractivity contribution in [3.05, 3.63) is 83.2 Å². The van der Waals surface area contributed by atoms with Gasteiger partial charge in [-0.25, -0.2) is 13.1 Å². The predicted molar refractivity (Wildman–Crippen MR) is 116 cm³/mol. The Morgan fingerprint density at radius 3 is 2.34 bits per heavy atom. The molecule has 0 saturated carbocycles. The average molecular weight is 433 g/mol. The summed E-state index contributed by atoms with van der Waals surface area (Å²) >= 11 is 5.85. The fourth-order valence-corrected chi connectivity index (χ4v) is 3.44. The first-order valence-electron chi connectivity index (χ1n) is 8.67. The summed E-state index contributed by atoms with van der Waals surface area (Å²) in [5.41, 5.74) is 1.18. The molecule has 152 valence electrons. The topological polar surface area (TPSA) is 83.5 Å². The molecule has 29 heavy (non-hydrogen) atoms. The molecule has 8 heteroatoms. The van der Waals surface area contributed by atoms with E-state index in [0.717, 1.165) is 5.41 Å². The van der Waals surface area contributed by atoms with E-state index in [1.54, 1.807) is 54.6 Å². The van der Waals surface area contributed by atoms with Gasteiger partial charge in [-0.2, -0.15) is 0 Å². The van der Waals surface area contributed by atoms with Gasteiger partial charge in [-0.1, -0.05) is 48.0 Å². The number of anilines is 1. The highest BCUT2D eigenvalue weighted by Crippen LogP contribution is 2.20. The average Bonchev–Trinajstić information content (AvgIpc) is 2.70. The van der Waals surface area contributed by atoms with E-state index in [9.17, 15) is 18.0 Å². The maximum absolute atomic E-state index is 12.8. The Hall–Kier alpha value is -2.90. The van der Waals surface area contributed by atoms with Crippen molar-refractivity contribution in [1.82, 2.24) is 4.72 Å².